The number of hydrogen-bond acceptors (Lipinski definition) is 7. The molecule has 2 aromatic rings. The van der Waals surface area contributed by atoms with Crippen molar-refractivity contribution in [3.8, 4) is 17.2 Å². The van der Waals surface area contributed by atoms with Crippen molar-refractivity contribution >= 4 is 23.1 Å². The number of hydrogen-bond donors (Lipinski definition) is 1. The maximum Gasteiger partial charge on any atom is 0.278 e. The van der Waals surface area contributed by atoms with Crippen LogP contribution >= 0.6 is 0 Å². The van der Waals surface area contributed by atoms with Crippen LogP contribution in [-0.2, 0) is 14.3 Å². The highest BCUT2D eigenvalue weighted by atomic mass is 16.6. The lowest BCUT2D eigenvalue weighted by Gasteiger charge is -2.19. The van der Waals surface area contributed by atoms with Gasteiger partial charge in [0.15, 0.2) is 11.5 Å². The SMILES string of the molecule is COCCN1C(=O)C(Nc2ccc3c(c2)OCCO3)=C(c2ccc(OC(C)C)cc2)C1=O. The van der Waals surface area contributed by atoms with Gasteiger partial charge in [0.2, 0.25) is 0 Å². The fourth-order valence-electron chi connectivity index (χ4n) is 3.58. The van der Waals surface area contributed by atoms with Gasteiger partial charge in [0, 0.05) is 18.9 Å². The Labute approximate surface area is 186 Å². The molecule has 0 fully saturated rings. The van der Waals surface area contributed by atoms with Gasteiger partial charge in [-0.3, -0.25) is 14.5 Å². The summed E-state index contributed by atoms with van der Waals surface area (Å²) in [6.07, 6.45) is 0.0340. The number of fused-ring (bicyclic) bond motifs is 1. The van der Waals surface area contributed by atoms with E-state index in [4.69, 9.17) is 18.9 Å². The van der Waals surface area contributed by atoms with Gasteiger partial charge in [0.1, 0.15) is 24.7 Å². The van der Waals surface area contributed by atoms with Crippen LogP contribution in [0, 0.1) is 0 Å². The third kappa shape index (κ3) is 4.40. The molecule has 0 bridgehead atoms. The van der Waals surface area contributed by atoms with E-state index in [-0.39, 0.29) is 30.9 Å². The second-order valence-electron chi connectivity index (χ2n) is 7.68. The molecule has 4 rings (SSSR count). The van der Waals surface area contributed by atoms with Crippen LogP contribution in [0.5, 0.6) is 17.2 Å². The van der Waals surface area contributed by atoms with Crippen LogP contribution < -0.4 is 19.5 Å². The third-order valence-electron chi connectivity index (χ3n) is 5.01. The summed E-state index contributed by atoms with van der Waals surface area (Å²) in [7, 11) is 1.53. The molecular weight excluding hydrogens is 412 g/mol. The molecule has 0 aromatic heterocycles. The summed E-state index contributed by atoms with van der Waals surface area (Å²) < 4.78 is 22.0. The molecule has 0 radical (unpaired) electrons. The Balaban J connectivity index is 1.69. The Morgan fingerprint density at radius 2 is 1.72 bits per heavy atom. The fraction of sp³-hybridized carbons (Fsp3) is 0.333. The Morgan fingerprint density at radius 1 is 1.00 bits per heavy atom. The minimum atomic E-state index is -0.403. The highest BCUT2D eigenvalue weighted by Crippen LogP contribution is 2.35. The number of ether oxygens (including phenoxy) is 4. The molecule has 0 aliphatic carbocycles. The summed E-state index contributed by atoms with van der Waals surface area (Å²) in [6.45, 7) is 5.25. The molecule has 1 N–H and O–H groups in total. The maximum absolute atomic E-state index is 13.2. The summed E-state index contributed by atoms with van der Waals surface area (Å²) in [5.41, 5.74) is 1.76. The number of nitrogens with zero attached hydrogens (tertiary/aromatic N) is 1. The highest BCUT2D eigenvalue weighted by molar-refractivity contribution is 6.36. The van der Waals surface area contributed by atoms with Gasteiger partial charge in [-0.2, -0.15) is 0 Å². The Bertz CT molecular complexity index is 1040. The first kappa shape index (κ1) is 21.7. The third-order valence-corrected chi connectivity index (χ3v) is 5.01. The Kier molecular flexibility index (Phi) is 6.32. The zero-order valence-corrected chi connectivity index (χ0v) is 18.3. The number of rotatable bonds is 8. The average Bonchev–Trinajstić information content (AvgIpc) is 3.01. The van der Waals surface area contributed by atoms with Crippen molar-refractivity contribution in [3.05, 3.63) is 53.7 Å². The van der Waals surface area contributed by atoms with Crippen LogP contribution in [0.1, 0.15) is 19.4 Å². The van der Waals surface area contributed by atoms with E-state index in [0.717, 1.165) is 0 Å². The van der Waals surface area contributed by atoms with E-state index >= 15 is 0 Å². The van der Waals surface area contributed by atoms with Crippen LogP contribution in [-0.4, -0.2) is 56.3 Å². The second kappa shape index (κ2) is 9.32. The molecule has 2 aliphatic rings. The van der Waals surface area contributed by atoms with Gasteiger partial charge in [-0.05, 0) is 43.7 Å². The number of imide groups is 1. The number of benzene rings is 2. The zero-order valence-electron chi connectivity index (χ0n) is 18.3. The highest BCUT2D eigenvalue weighted by Gasteiger charge is 2.39. The molecular formula is C24H26N2O6. The topological polar surface area (TPSA) is 86.3 Å². The lowest BCUT2D eigenvalue weighted by atomic mass is 10.0. The van der Waals surface area contributed by atoms with Crippen molar-refractivity contribution < 1.29 is 28.5 Å². The molecule has 2 aromatic carbocycles. The lowest BCUT2D eigenvalue weighted by Crippen LogP contribution is -2.35. The van der Waals surface area contributed by atoms with E-state index in [1.165, 1.54) is 12.0 Å². The van der Waals surface area contributed by atoms with Crippen LogP contribution in [0.15, 0.2) is 48.2 Å². The smallest absolute Gasteiger partial charge is 0.278 e. The number of anilines is 1. The largest absolute Gasteiger partial charge is 0.491 e. The van der Waals surface area contributed by atoms with Crippen molar-refractivity contribution in [2.45, 2.75) is 20.0 Å². The maximum atomic E-state index is 13.2. The molecule has 8 nitrogen and oxygen atoms in total. The zero-order chi connectivity index (χ0) is 22.7. The molecule has 32 heavy (non-hydrogen) atoms. The number of carbonyl (C=O) groups is 2. The molecule has 2 aliphatic heterocycles. The Morgan fingerprint density at radius 3 is 2.41 bits per heavy atom. The fourth-order valence-corrected chi connectivity index (χ4v) is 3.58. The van der Waals surface area contributed by atoms with E-state index in [2.05, 4.69) is 5.32 Å². The first-order valence-electron chi connectivity index (χ1n) is 10.5. The predicted molar refractivity (Wildman–Crippen MR) is 119 cm³/mol. The number of amides is 2. The first-order valence-corrected chi connectivity index (χ1v) is 10.5. The van der Waals surface area contributed by atoms with Crippen molar-refractivity contribution in [2.75, 3.05) is 38.8 Å². The van der Waals surface area contributed by atoms with E-state index < -0.39 is 5.91 Å². The molecule has 8 heteroatoms. The Hall–Kier alpha value is -3.52. The normalized spacial score (nSPS) is 15.6. The molecule has 2 amide bonds. The monoisotopic (exact) mass is 438 g/mol. The molecule has 168 valence electrons. The lowest BCUT2D eigenvalue weighted by molar-refractivity contribution is -0.137. The van der Waals surface area contributed by atoms with Crippen LogP contribution in [0.2, 0.25) is 0 Å². The summed E-state index contributed by atoms with van der Waals surface area (Å²) in [4.78, 5) is 27.5. The molecule has 0 saturated heterocycles. The van der Waals surface area contributed by atoms with Gasteiger partial charge in [-0.15, -0.1) is 0 Å². The summed E-state index contributed by atoms with van der Waals surface area (Å²) in [5.74, 6) is 1.15. The average molecular weight is 438 g/mol. The van der Waals surface area contributed by atoms with Gasteiger partial charge in [-0.25, -0.2) is 0 Å². The van der Waals surface area contributed by atoms with Gasteiger partial charge >= 0.3 is 0 Å². The van der Waals surface area contributed by atoms with Crippen molar-refractivity contribution in [3.63, 3.8) is 0 Å². The van der Waals surface area contributed by atoms with Gasteiger partial charge < -0.3 is 24.3 Å². The molecule has 0 spiro atoms. The standard InChI is InChI=1S/C24H26N2O6/c1-15(2)32-18-7-4-16(5-8-18)21-22(24(28)26(23(21)27)10-11-29-3)25-17-6-9-19-20(14-17)31-13-12-30-19/h4-9,14-15,25H,10-13H2,1-3H3. The van der Waals surface area contributed by atoms with Gasteiger partial charge in [0.05, 0.1) is 24.8 Å². The van der Waals surface area contributed by atoms with E-state index in [9.17, 15) is 9.59 Å². The van der Waals surface area contributed by atoms with Crippen LogP contribution in [0.3, 0.4) is 0 Å². The molecule has 2 heterocycles. The van der Waals surface area contributed by atoms with Gasteiger partial charge in [0.25, 0.3) is 11.8 Å². The number of methoxy groups -OCH3 is 1. The van der Waals surface area contributed by atoms with Crippen molar-refractivity contribution in [2.24, 2.45) is 0 Å². The van der Waals surface area contributed by atoms with Crippen molar-refractivity contribution in [1.29, 1.82) is 0 Å². The van der Waals surface area contributed by atoms with Crippen molar-refractivity contribution in [1.82, 2.24) is 4.90 Å². The first-order chi connectivity index (χ1) is 15.5. The predicted octanol–water partition coefficient (Wildman–Crippen LogP) is 3.08. The number of nitrogens with one attached hydrogen (secondary N) is 1. The van der Waals surface area contributed by atoms with Gasteiger partial charge in [-0.1, -0.05) is 12.1 Å². The van der Waals surface area contributed by atoms with E-state index in [1.54, 1.807) is 42.5 Å². The van der Waals surface area contributed by atoms with Crippen LogP contribution in [0.4, 0.5) is 5.69 Å². The second-order valence-corrected chi connectivity index (χ2v) is 7.68. The summed E-state index contributed by atoms with van der Waals surface area (Å²) >= 11 is 0. The minimum Gasteiger partial charge on any atom is -0.491 e. The molecule has 0 atom stereocenters. The summed E-state index contributed by atoms with van der Waals surface area (Å²) in [6, 6.07) is 12.5. The van der Waals surface area contributed by atoms with E-state index in [0.29, 0.717) is 47.3 Å². The molecule has 0 unspecified atom stereocenters. The summed E-state index contributed by atoms with van der Waals surface area (Å²) in [5, 5.41) is 3.13. The number of carbonyl (C=O) groups excluding carboxylic acids is 2. The van der Waals surface area contributed by atoms with E-state index in [1.807, 2.05) is 13.8 Å². The molecule has 0 saturated carbocycles. The quantitative estimate of drug-likeness (QED) is 0.634. The minimum absolute atomic E-state index is 0.0340. The van der Waals surface area contributed by atoms with Crippen LogP contribution in [0.25, 0.3) is 5.57 Å².